The quantitative estimate of drug-likeness (QED) is 0.356. The minimum atomic E-state index is -4.82. The summed E-state index contributed by atoms with van der Waals surface area (Å²) in [6.07, 6.45) is -1.97. The number of nitrogens with one attached hydrogen (secondary N) is 2. The van der Waals surface area contributed by atoms with Gasteiger partial charge in [0.25, 0.3) is 5.91 Å². The molecule has 0 radical (unpaired) electrons. The summed E-state index contributed by atoms with van der Waals surface area (Å²) in [5.74, 6) is -0.852. The molecular formula is C28H31F3N6O4S2. The largest absolute Gasteiger partial charge is 0.420 e. The van der Waals surface area contributed by atoms with Gasteiger partial charge in [0.1, 0.15) is 10.4 Å². The number of hydrogen-bond acceptors (Lipinski definition) is 10. The number of carbonyl (C=O) groups is 1. The van der Waals surface area contributed by atoms with Gasteiger partial charge in [-0.1, -0.05) is 6.92 Å². The van der Waals surface area contributed by atoms with Gasteiger partial charge in [-0.2, -0.15) is 13.2 Å². The lowest BCUT2D eigenvalue weighted by atomic mass is 10.1. The summed E-state index contributed by atoms with van der Waals surface area (Å²) in [4.78, 5) is 24.7. The topological polar surface area (TPSA) is 128 Å². The van der Waals surface area contributed by atoms with Gasteiger partial charge < -0.3 is 25.5 Å². The number of rotatable bonds is 7. The number of carbonyl (C=O) groups excluding carboxylic acids is 1. The number of aliphatic hydroxyl groups excluding tert-OH is 1. The first-order valence-corrected chi connectivity index (χ1v) is 16.6. The number of hydrogen-bond donors (Lipinski definition) is 3. The molecule has 3 aliphatic rings. The molecule has 43 heavy (non-hydrogen) atoms. The van der Waals surface area contributed by atoms with E-state index in [1.54, 1.807) is 0 Å². The number of fused-ring (bicyclic) bond motifs is 1. The van der Waals surface area contributed by atoms with Crippen LogP contribution in [0.5, 0.6) is 0 Å². The van der Waals surface area contributed by atoms with E-state index in [0.29, 0.717) is 36.2 Å². The van der Waals surface area contributed by atoms with Gasteiger partial charge in [0.05, 0.1) is 27.8 Å². The predicted molar refractivity (Wildman–Crippen MR) is 157 cm³/mol. The monoisotopic (exact) mass is 636 g/mol. The fraction of sp³-hybridized carbons (Fsp3) is 0.464. The van der Waals surface area contributed by atoms with Crippen LogP contribution in [0.3, 0.4) is 0 Å². The third-order valence-electron chi connectivity index (χ3n) is 7.96. The van der Waals surface area contributed by atoms with E-state index in [9.17, 15) is 31.5 Å². The highest BCUT2D eigenvalue weighted by Crippen LogP contribution is 2.43. The second kappa shape index (κ2) is 11.3. The first-order chi connectivity index (χ1) is 20.5. The van der Waals surface area contributed by atoms with Crippen molar-refractivity contribution < 1.29 is 31.5 Å². The number of sulfone groups is 1. The molecule has 1 atom stereocenters. The average Bonchev–Trinajstić information content (AvgIpc) is 3.73. The number of amides is 1. The minimum absolute atomic E-state index is 0.0243. The molecule has 1 saturated heterocycles. The van der Waals surface area contributed by atoms with E-state index < -0.39 is 33.2 Å². The van der Waals surface area contributed by atoms with Crippen LogP contribution in [0.15, 0.2) is 35.4 Å². The normalized spacial score (nSPS) is 20.6. The van der Waals surface area contributed by atoms with Crippen molar-refractivity contribution >= 4 is 44.4 Å². The molecule has 6 rings (SSSR count). The fourth-order valence-corrected chi connectivity index (χ4v) is 8.42. The Morgan fingerprint density at radius 1 is 1.21 bits per heavy atom. The summed E-state index contributed by atoms with van der Waals surface area (Å²) in [7, 11) is -3.89. The Hall–Kier alpha value is -3.27. The number of aromatic nitrogens is 2. The number of aliphatic hydroxyl groups is 1. The maximum atomic E-state index is 14.1. The molecule has 0 bridgehead atoms. The number of nitrogens with zero attached hydrogens (tertiary/aromatic N) is 4. The maximum Gasteiger partial charge on any atom is 0.420 e. The van der Waals surface area contributed by atoms with Gasteiger partial charge >= 0.3 is 6.18 Å². The van der Waals surface area contributed by atoms with Gasteiger partial charge in [0.15, 0.2) is 9.84 Å². The number of aryl methyl sites for hydroxylation is 1. The zero-order valence-corrected chi connectivity index (χ0v) is 24.9. The molecule has 10 nitrogen and oxygen atoms in total. The first kappa shape index (κ1) is 29.8. The molecule has 3 N–H and O–H groups in total. The van der Waals surface area contributed by atoms with Crippen LogP contribution in [-0.4, -0.2) is 84.9 Å². The van der Waals surface area contributed by atoms with Gasteiger partial charge in [-0.15, -0.1) is 11.3 Å². The van der Waals surface area contributed by atoms with Gasteiger partial charge in [0.2, 0.25) is 5.95 Å². The Balaban J connectivity index is 1.35. The van der Waals surface area contributed by atoms with Crippen LogP contribution in [0.1, 0.15) is 40.6 Å². The van der Waals surface area contributed by atoms with Crippen molar-refractivity contribution in [1.82, 2.24) is 20.2 Å². The Labute approximate surface area is 250 Å². The summed E-state index contributed by atoms with van der Waals surface area (Å²) in [6, 6.07) is 6.77. The van der Waals surface area contributed by atoms with E-state index >= 15 is 0 Å². The fourth-order valence-electron chi connectivity index (χ4n) is 5.50. The van der Waals surface area contributed by atoms with Crippen LogP contribution in [-0.2, 0) is 22.4 Å². The van der Waals surface area contributed by atoms with Crippen LogP contribution in [0.2, 0.25) is 0 Å². The number of halogens is 3. The number of thiophene rings is 1. The Morgan fingerprint density at radius 3 is 2.70 bits per heavy atom. The molecule has 1 amide bonds. The van der Waals surface area contributed by atoms with E-state index in [1.807, 2.05) is 25.1 Å². The minimum Gasteiger partial charge on any atom is -0.395 e. The molecule has 2 aromatic heterocycles. The number of alkyl halides is 3. The van der Waals surface area contributed by atoms with Gasteiger partial charge in [-0.25, -0.2) is 18.4 Å². The molecule has 2 aliphatic heterocycles. The molecule has 4 heterocycles. The van der Waals surface area contributed by atoms with Gasteiger partial charge in [0, 0.05) is 55.8 Å². The van der Waals surface area contributed by atoms with E-state index in [0.717, 1.165) is 43.2 Å². The standard InChI is InChI=1S/C28H31F3N6O4S2/c1-2-16-11-19(36-8-7-32-17(14-36)15-38)5-6-21(16)34-27-33-13-20(28(29,30)31)24(35-27)22-12-23-25(42-22)26(39)37(18-3-4-18)9-10-43(23,40)41/h5-6,11-13,17-18,32,38H,2-4,7-10,14-15H2,1H3,(H,33,34,35)/t17-/m1/s1. The predicted octanol–water partition coefficient (Wildman–Crippen LogP) is 3.69. The van der Waals surface area contributed by atoms with Gasteiger partial charge in [-0.3, -0.25) is 4.79 Å². The summed E-state index contributed by atoms with van der Waals surface area (Å²) >= 11 is 0.717. The zero-order chi connectivity index (χ0) is 30.5. The molecular weight excluding hydrogens is 605 g/mol. The van der Waals surface area contributed by atoms with Crippen molar-refractivity contribution in [3.63, 3.8) is 0 Å². The summed E-state index contributed by atoms with van der Waals surface area (Å²) in [5.41, 5.74) is 0.852. The molecule has 3 aromatic rings. The van der Waals surface area contributed by atoms with Crippen LogP contribution >= 0.6 is 11.3 Å². The van der Waals surface area contributed by atoms with E-state index in [1.165, 1.54) is 4.90 Å². The summed E-state index contributed by atoms with van der Waals surface area (Å²) < 4.78 is 68.5. The van der Waals surface area contributed by atoms with Crippen molar-refractivity contribution in [3.8, 4) is 10.6 Å². The zero-order valence-electron chi connectivity index (χ0n) is 23.3. The third kappa shape index (κ3) is 5.95. The molecule has 230 valence electrons. The Bertz CT molecular complexity index is 1660. The van der Waals surface area contributed by atoms with E-state index in [2.05, 4.69) is 25.5 Å². The van der Waals surface area contributed by atoms with Crippen molar-refractivity contribution in [2.75, 3.05) is 48.8 Å². The van der Waals surface area contributed by atoms with Crippen molar-refractivity contribution in [1.29, 1.82) is 0 Å². The highest BCUT2D eigenvalue weighted by atomic mass is 32.2. The molecule has 0 spiro atoms. The summed E-state index contributed by atoms with van der Waals surface area (Å²) in [6.45, 7) is 4.17. The third-order valence-corrected chi connectivity index (χ3v) is 10.9. The van der Waals surface area contributed by atoms with Crippen LogP contribution < -0.4 is 15.5 Å². The van der Waals surface area contributed by atoms with Crippen molar-refractivity contribution in [3.05, 3.63) is 46.5 Å². The van der Waals surface area contributed by atoms with Crippen LogP contribution in [0.4, 0.5) is 30.5 Å². The molecule has 1 aromatic carbocycles. The second-order valence-corrected chi connectivity index (χ2v) is 14.0. The lowest BCUT2D eigenvalue weighted by Gasteiger charge is -2.34. The molecule has 2 fully saturated rings. The number of anilines is 3. The molecule has 1 aliphatic carbocycles. The van der Waals surface area contributed by atoms with Crippen molar-refractivity contribution in [2.45, 2.75) is 49.3 Å². The van der Waals surface area contributed by atoms with E-state index in [4.69, 9.17) is 0 Å². The maximum absolute atomic E-state index is 14.1. The molecule has 1 saturated carbocycles. The van der Waals surface area contributed by atoms with Gasteiger partial charge in [-0.05, 0) is 49.1 Å². The number of piperazine rings is 1. The highest BCUT2D eigenvalue weighted by Gasteiger charge is 2.41. The SMILES string of the molecule is CCc1cc(N2CCN[C@@H](CO)C2)ccc1Nc1ncc(C(F)(F)F)c(-c2cc3c(s2)C(=O)N(C2CC2)CCS3(=O)=O)n1. The number of benzene rings is 1. The molecule has 15 heteroatoms. The van der Waals surface area contributed by atoms with Crippen molar-refractivity contribution in [2.24, 2.45) is 0 Å². The van der Waals surface area contributed by atoms with Crippen LogP contribution in [0, 0.1) is 0 Å². The second-order valence-electron chi connectivity index (χ2n) is 10.9. The Morgan fingerprint density at radius 2 is 2.00 bits per heavy atom. The summed E-state index contributed by atoms with van der Waals surface area (Å²) in [5, 5.41) is 15.8. The lowest BCUT2D eigenvalue weighted by Crippen LogP contribution is -2.52. The van der Waals surface area contributed by atoms with E-state index in [-0.39, 0.29) is 51.6 Å². The highest BCUT2D eigenvalue weighted by molar-refractivity contribution is 7.91. The average molecular weight is 637 g/mol. The Kier molecular flexibility index (Phi) is 7.85. The lowest BCUT2D eigenvalue weighted by molar-refractivity contribution is -0.137. The van der Waals surface area contributed by atoms with Crippen LogP contribution in [0.25, 0.3) is 10.6 Å². The first-order valence-electron chi connectivity index (χ1n) is 14.1. The smallest absolute Gasteiger partial charge is 0.395 e. The molecule has 0 unspecified atom stereocenters.